The molecule has 0 spiro atoms. The minimum Gasteiger partial charge on any atom is -0.354 e. The molecule has 0 aromatic carbocycles. The lowest BCUT2D eigenvalue weighted by Crippen LogP contribution is -2.52. The van der Waals surface area contributed by atoms with Crippen molar-refractivity contribution in [2.24, 2.45) is 5.41 Å². The number of hydrogen-bond donors (Lipinski definition) is 3. The highest BCUT2D eigenvalue weighted by Gasteiger charge is 2.40. The van der Waals surface area contributed by atoms with Gasteiger partial charge in [0.15, 0.2) is 0 Å². The first-order chi connectivity index (χ1) is 8.16. The lowest BCUT2D eigenvalue weighted by Gasteiger charge is -2.30. The zero-order chi connectivity index (χ0) is 12.3. The molecule has 17 heavy (non-hydrogen) atoms. The van der Waals surface area contributed by atoms with Gasteiger partial charge in [0.2, 0.25) is 11.8 Å². The van der Waals surface area contributed by atoms with E-state index < -0.39 is 0 Å². The van der Waals surface area contributed by atoms with Gasteiger partial charge < -0.3 is 16.0 Å². The van der Waals surface area contributed by atoms with Crippen LogP contribution in [-0.4, -0.2) is 37.5 Å². The van der Waals surface area contributed by atoms with Crippen LogP contribution in [0, 0.1) is 5.41 Å². The molecule has 5 heteroatoms. The number of hydrogen-bond acceptors (Lipinski definition) is 3. The van der Waals surface area contributed by atoms with Gasteiger partial charge in [-0.25, -0.2) is 0 Å². The van der Waals surface area contributed by atoms with Crippen molar-refractivity contribution in [3.8, 4) is 0 Å². The molecule has 3 N–H and O–H groups in total. The van der Waals surface area contributed by atoms with E-state index in [4.69, 9.17) is 0 Å². The van der Waals surface area contributed by atoms with Crippen molar-refractivity contribution in [1.82, 2.24) is 16.0 Å². The van der Waals surface area contributed by atoms with Gasteiger partial charge in [-0.05, 0) is 25.8 Å². The van der Waals surface area contributed by atoms with E-state index in [-0.39, 0.29) is 23.3 Å². The van der Waals surface area contributed by atoms with E-state index in [1.165, 1.54) is 0 Å². The van der Waals surface area contributed by atoms with E-state index in [0.717, 1.165) is 32.4 Å². The summed E-state index contributed by atoms with van der Waals surface area (Å²) < 4.78 is 0. The molecule has 0 aliphatic carbocycles. The molecule has 0 aromatic heterocycles. The summed E-state index contributed by atoms with van der Waals surface area (Å²) in [6.07, 6.45) is 3.05. The van der Waals surface area contributed by atoms with Crippen molar-refractivity contribution >= 4 is 11.8 Å². The van der Waals surface area contributed by atoms with Gasteiger partial charge in [0.05, 0.1) is 5.41 Å². The van der Waals surface area contributed by atoms with Gasteiger partial charge in [0, 0.05) is 25.6 Å². The third-order valence-electron chi connectivity index (χ3n) is 4.00. The largest absolute Gasteiger partial charge is 0.354 e. The highest BCUT2D eigenvalue weighted by atomic mass is 16.2. The predicted octanol–water partition coefficient (Wildman–Crippen LogP) is -0.229. The molecule has 2 atom stereocenters. The summed E-state index contributed by atoms with van der Waals surface area (Å²) in [7, 11) is 0. The third-order valence-corrected chi connectivity index (χ3v) is 4.00. The Bertz CT molecular complexity index is 301. The summed E-state index contributed by atoms with van der Waals surface area (Å²) in [4.78, 5) is 23.3. The Kier molecular flexibility index (Phi) is 3.66. The lowest BCUT2D eigenvalue weighted by molar-refractivity contribution is -0.132. The number of nitrogens with one attached hydrogen (secondary N) is 3. The Morgan fingerprint density at radius 1 is 1.59 bits per heavy atom. The van der Waals surface area contributed by atoms with Crippen LogP contribution >= 0.6 is 0 Å². The molecular weight excluding hydrogens is 218 g/mol. The molecule has 2 heterocycles. The molecule has 2 aliphatic heterocycles. The number of carbonyl (C=O) groups is 2. The SMILES string of the molecule is CCC1(C(=O)NC2CCC(=O)NC2)CCNC1. The summed E-state index contributed by atoms with van der Waals surface area (Å²) in [5.74, 6) is 0.231. The zero-order valence-corrected chi connectivity index (χ0v) is 10.3. The van der Waals surface area contributed by atoms with Crippen LogP contribution in [0.1, 0.15) is 32.6 Å². The van der Waals surface area contributed by atoms with Gasteiger partial charge in [0.25, 0.3) is 0 Å². The van der Waals surface area contributed by atoms with Crippen molar-refractivity contribution in [1.29, 1.82) is 0 Å². The van der Waals surface area contributed by atoms with Crippen LogP contribution in [0.5, 0.6) is 0 Å². The van der Waals surface area contributed by atoms with Crippen molar-refractivity contribution in [3.05, 3.63) is 0 Å². The molecule has 0 aromatic rings. The second-order valence-electron chi connectivity index (χ2n) is 5.07. The number of piperidine rings is 1. The Morgan fingerprint density at radius 2 is 2.41 bits per heavy atom. The molecule has 2 aliphatic rings. The van der Waals surface area contributed by atoms with Crippen LogP contribution in [0.15, 0.2) is 0 Å². The molecule has 96 valence electrons. The van der Waals surface area contributed by atoms with Crippen LogP contribution in [0.3, 0.4) is 0 Å². The van der Waals surface area contributed by atoms with Crippen molar-refractivity contribution in [2.75, 3.05) is 19.6 Å². The highest BCUT2D eigenvalue weighted by Crippen LogP contribution is 2.29. The molecule has 2 rings (SSSR count). The minimum atomic E-state index is -0.235. The molecule has 2 fully saturated rings. The Morgan fingerprint density at radius 3 is 2.94 bits per heavy atom. The maximum atomic E-state index is 12.3. The lowest BCUT2D eigenvalue weighted by atomic mass is 9.83. The second-order valence-corrected chi connectivity index (χ2v) is 5.07. The molecule has 2 saturated heterocycles. The first-order valence-electron chi connectivity index (χ1n) is 6.45. The Labute approximate surface area is 102 Å². The van der Waals surface area contributed by atoms with E-state index in [9.17, 15) is 9.59 Å². The van der Waals surface area contributed by atoms with Crippen molar-refractivity contribution in [3.63, 3.8) is 0 Å². The summed E-state index contributed by atoms with van der Waals surface area (Å²) in [6, 6.07) is 0.101. The topological polar surface area (TPSA) is 70.2 Å². The summed E-state index contributed by atoms with van der Waals surface area (Å²) in [5.41, 5.74) is -0.235. The summed E-state index contributed by atoms with van der Waals surface area (Å²) in [6.45, 7) is 4.32. The van der Waals surface area contributed by atoms with E-state index in [0.29, 0.717) is 13.0 Å². The second kappa shape index (κ2) is 5.04. The van der Waals surface area contributed by atoms with Crippen LogP contribution < -0.4 is 16.0 Å². The minimum absolute atomic E-state index is 0.0863. The van der Waals surface area contributed by atoms with Gasteiger partial charge in [-0.15, -0.1) is 0 Å². The molecule has 2 unspecified atom stereocenters. The van der Waals surface area contributed by atoms with Crippen molar-refractivity contribution in [2.45, 2.75) is 38.6 Å². The Balaban J connectivity index is 1.89. The summed E-state index contributed by atoms with van der Waals surface area (Å²) >= 11 is 0. The van der Waals surface area contributed by atoms with Gasteiger partial charge in [-0.3, -0.25) is 9.59 Å². The Hall–Kier alpha value is -1.10. The first kappa shape index (κ1) is 12.4. The van der Waals surface area contributed by atoms with Crippen LogP contribution in [-0.2, 0) is 9.59 Å². The standard InChI is InChI=1S/C12H21N3O2/c1-2-12(5-6-13-8-12)11(17)15-9-3-4-10(16)14-7-9/h9,13H,2-8H2,1H3,(H,14,16)(H,15,17). The van der Waals surface area contributed by atoms with Crippen molar-refractivity contribution < 1.29 is 9.59 Å². The molecule has 5 nitrogen and oxygen atoms in total. The van der Waals surface area contributed by atoms with Crippen LogP contribution in [0.4, 0.5) is 0 Å². The molecule has 0 bridgehead atoms. The average molecular weight is 239 g/mol. The highest BCUT2D eigenvalue weighted by molar-refractivity contribution is 5.84. The number of amides is 2. The fourth-order valence-electron chi connectivity index (χ4n) is 2.59. The number of carbonyl (C=O) groups excluding carboxylic acids is 2. The monoisotopic (exact) mass is 239 g/mol. The van der Waals surface area contributed by atoms with Crippen LogP contribution in [0.2, 0.25) is 0 Å². The third kappa shape index (κ3) is 2.60. The fourth-order valence-corrected chi connectivity index (χ4v) is 2.59. The quantitative estimate of drug-likeness (QED) is 0.637. The normalized spacial score (nSPS) is 33.2. The average Bonchev–Trinajstić information content (AvgIpc) is 2.82. The van der Waals surface area contributed by atoms with E-state index in [1.54, 1.807) is 0 Å². The van der Waals surface area contributed by atoms with Gasteiger partial charge in [-0.1, -0.05) is 6.92 Å². The smallest absolute Gasteiger partial charge is 0.227 e. The number of rotatable bonds is 3. The van der Waals surface area contributed by atoms with Gasteiger partial charge in [0.1, 0.15) is 0 Å². The van der Waals surface area contributed by atoms with E-state index in [2.05, 4.69) is 22.9 Å². The predicted molar refractivity (Wildman–Crippen MR) is 64.4 cm³/mol. The zero-order valence-electron chi connectivity index (χ0n) is 10.3. The van der Waals surface area contributed by atoms with Gasteiger partial charge >= 0.3 is 0 Å². The van der Waals surface area contributed by atoms with E-state index in [1.807, 2.05) is 0 Å². The fraction of sp³-hybridized carbons (Fsp3) is 0.833. The molecule has 2 amide bonds. The maximum Gasteiger partial charge on any atom is 0.227 e. The summed E-state index contributed by atoms with van der Waals surface area (Å²) in [5, 5.41) is 9.13. The first-order valence-corrected chi connectivity index (χ1v) is 6.45. The molecule has 0 radical (unpaired) electrons. The van der Waals surface area contributed by atoms with Crippen LogP contribution in [0.25, 0.3) is 0 Å². The maximum absolute atomic E-state index is 12.3. The van der Waals surface area contributed by atoms with Gasteiger partial charge in [-0.2, -0.15) is 0 Å². The molecule has 0 saturated carbocycles. The molecular formula is C12H21N3O2. The van der Waals surface area contributed by atoms with E-state index >= 15 is 0 Å².